The number of nitrogens with one attached hydrogen (secondary N) is 1. The fourth-order valence-electron chi connectivity index (χ4n) is 3.61. The minimum absolute atomic E-state index is 0. The summed E-state index contributed by atoms with van der Waals surface area (Å²) in [5.74, 6) is 1.71. The zero-order valence-electron chi connectivity index (χ0n) is 17.1. The summed E-state index contributed by atoms with van der Waals surface area (Å²) in [7, 11) is 1.57. The van der Waals surface area contributed by atoms with E-state index in [1.807, 2.05) is 12.1 Å². The molecule has 1 unspecified atom stereocenters. The van der Waals surface area contributed by atoms with Gasteiger partial charge in [-0.05, 0) is 44.5 Å². The van der Waals surface area contributed by atoms with E-state index >= 15 is 0 Å². The lowest BCUT2D eigenvalue weighted by atomic mass is 10.1. The van der Waals surface area contributed by atoms with Gasteiger partial charge in [-0.15, -0.1) is 24.0 Å². The SMILES string of the molecule is CCNC(=NCCc1cccc(OC)c1O)N1CCC(N(CC)CC)C1.I. The van der Waals surface area contributed by atoms with Gasteiger partial charge in [0.05, 0.1) is 7.11 Å². The number of guanidine groups is 1. The molecule has 1 aliphatic rings. The number of phenolic OH excluding ortho intramolecular Hbond substituents is 1. The molecule has 7 heteroatoms. The Morgan fingerprint density at radius 2 is 2.07 bits per heavy atom. The van der Waals surface area contributed by atoms with Gasteiger partial charge in [0.2, 0.25) is 0 Å². The molecular formula is C20H35IN4O2. The van der Waals surface area contributed by atoms with E-state index < -0.39 is 0 Å². The van der Waals surface area contributed by atoms with Gasteiger partial charge in [0.25, 0.3) is 0 Å². The molecule has 0 radical (unpaired) electrons. The minimum atomic E-state index is 0. The first kappa shape index (κ1) is 23.8. The Morgan fingerprint density at radius 3 is 2.70 bits per heavy atom. The molecule has 154 valence electrons. The van der Waals surface area contributed by atoms with Crippen molar-refractivity contribution >= 4 is 29.9 Å². The molecule has 0 saturated carbocycles. The number of ether oxygens (including phenoxy) is 1. The summed E-state index contributed by atoms with van der Waals surface area (Å²) in [4.78, 5) is 9.68. The first-order valence-electron chi connectivity index (χ1n) is 9.76. The van der Waals surface area contributed by atoms with Gasteiger partial charge >= 0.3 is 0 Å². The zero-order valence-corrected chi connectivity index (χ0v) is 19.4. The van der Waals surface area contributed by atoms with Crippen LogP contribution in [0.15, 0.2) is 23.2 Å². The summed E-state index contributed by atoms with van der Waals surface area (Å²) in [5, 5.41) is 13.6. The van der Waals surface area contributed by atoms with E-state index in [9.17, 15) is 5.11 Å². The van der Waals surface area contributed by atoms with Crippen LogP contribution >= 0.6 is 24.0 Å². The Labute approximate surface area is 181 Å². The third kappa shape index (κ3) is 6.41. The maximum atomic E-state index is 10.2. The molecule has 1 aliphatic heterocycles. The average molecular weight is 490 g/mol. The minimum Gasteiger partial charge on any atom is -0.504 e. The van der Waals surface area contributed by atoms with E-state index in [2.05, 4.69) is 35.9 Å². The largest absolute Gasteiger partial charge is 0.504 e. The van der Waals surface area contributed by atoms with Crippen molar-refractivity contribution < 1.29 is 9.84 Å². The molecule has 1 saturated heterocycles. The second kappa shape index (κ2) is 12.3. The molecule has 1 atom stereocenters. The van der Waals surface area contributed by atoms with E-state index in [1.165, 1.54) is 6.42 Å². The van der Waals surface area contributed by atoms with Gasteiger partial charge in [0.15, 0.2) is 17.5 Å². The molecule has 1 heterocycles. The van der Waals surface area contributed by atoms with Crippen LogP contribution in [0.25, 0.3) is 0 Å². The number of phenols is 1. The molecule has 27 heavy (non-hydrogen) atoms. The van der Waals surface area contributed by atoms with Crippen LogP contribution in [0.4, 0.5) is 0 Å². The smallest absolute Gasteiger partial charge is 0.193 e. The van der Waals surface area contributed by atoms with Crippen molar-refractivity contribution in [1.82, 2.24) is 15.1 Å². The molecule has 1 aromatic rings. The zero-order chi connectivity index (χ0) is 18.9. The summed E-state index contributed by atoms with van der Waals surface area (Å²) in [6, 6.07) is 6.20. The van der Waals surface area contributed by atoms with Gasteiger partial charge in [0, 0.05) is 32.2 Å². The number of aromatic hydroxyl groups is 1. The van der Waals surface area contributed by atoms with E-state index in [-0.39, 0.29) is 29.7 Å². The van der Waals surface area contributed by atoms with Crippen molar-refractivity contribution in [3.63, 3.8) is 0 Å². The van der Waals surface area contributed by atoms with Crippen molar-refractivity contribution in [3.8, 4) is 11.5 Å². The summed E-state index contributed by atoms with van der Waals surface area (Å²) in [5.41, 5.74) is 0.867. The number of hydrogen-bond donors (Lipinski definition) is 2. The lowest BCUT2D eigenvalue weighted by Gasteiger charge is -2.27. The van der Waals surface area contributed by atoms with Gasteiger partial charge in [-0.25, -0.2) is 0 Å². The number of aliphatic imine (C=N–C) groups is 1. The fourth-order valence-corrected chi connectivity index (χ4v) is 3.61. The van der Waals surface area contributed by atoms with Gasteiger partial charge in [-0.2, -0.15) is 0 Å². The highest BCUT2D eigenvalue weighted by Gasteiger charge is 2.27. The lowest BCUT2D eigenvalue weighted by molar-refractivity contribution is 0.223. The summed E-state index contributed by atoms with van der Waals surface area (Å²) >= 11 is 0. The molecule has 0 bridgehead atoms. The van der Waals surface area contributed by atoms with Crippen LogP contribution in [0.2, 0.25) is 0 Å². The average Bonchev–Trinajstić information content (AvgIpc) is 3.13. The Morgan fingerprint density at radius 1 is 1.33 bits per heavy atom. The van der Waals surface area contributed by atoms with Crippen molar-refractivity contribution in [3.05, 3.63) is 23.8 Å². The number of likely N-dealkylation sites (N-methyl/N-ethyl adjacent to an activating group) is 1. The van der Waals surface area contributed by atoms with Crippen LogP contribution in [0.3, 0.4) is 0 Å². The third-order valence-electron chi connectivity index (χ3n) is 5.07. The second-order valence-corrected chi connectivity index (χ2v) is 6.56. The normalized spacial score (nSPS) is 17.1. The fraction of sp³-hybridized carbons (Fsp3) is 0.650. The van der Waals surface area contributed by atoms with E-state index in [0.717, 1.165) is 44.2 Å². The first-order valence-corrected chi connectivity index (χ1v) is 9.76. The monoisotopic (exact) mass is 490 g/mol. The highest BCUT2D eigenvalue weighted by atomic mass is 127. The van der Waals surface area contributed by atoms with E-state index in [0.29, 0.717) is 24.8 Å². The number of benzene rings is 1. The van der Waals surface area contributed by atoms with Crippen LogP contribution < -0.4 is 10.1 Å². The molecule has 6 nitrogen and oxygen atoms in total. The van der Waals surface area contributed by atoms with Gasteiger partial charge in [-0.3, -0.25) is 9.89 Å². The highest BCUT2D eigenvalue weighted by molar-refractivity contribution is 14.0. The van der Waals surface area contributed by atoms with Crippen LogP contribution in [0, 0.1) is 0 Å². The topological polar surface area (TPSA) is 60.3 Å². The van der Waals surface area contributed by atoms with Gasteiger partial charge in [0.1, 0.15) is 0 Å². The number of rotatable bonds is 8. The third-order valence-corrected chi connectivity index (χ3v) is 5.07. The maximum Gasteiger partial charge on any atom is 0.193 e. The van der Waals surface area contributed by atoms with E-state index in [1.54, 1.807) is 13.2 Å². The number of nitrogens with zero attached hydrogens (tertiary/aromatic N) is 3. The van der Waals surface area contributed by atoms with Gasteiger partial charge < -0.3 is 20.1 Å². The summed E-state index contributed by atoms with van der Waals surface area (Å²) in [6.07, 6.45) is 1.87. The van der Waals surface area contributed by atoms with E-state index in [4.69, 9.17) is 9.73 Å². The van der Waals surface area contributed by atoms with Gasteiger partial charge in [-0.1, -0.05) is 26.0 Å². The number of halogens is 1. The standard InChI is InChI=1S/C20H34N4O2.HI/c1-5-21-20(24-14-12-17(15-24)23(6-2)7-3)22-13-11-16-9-8-10-18(26-4)19(16)25;/h8-10,17,25H,5-7,11-15H2,1-4H3,(H,21,22);1H. The summed E-state index contributed by atoms with van der Waals surface area (Å²) in [6.45, 7) is 12.3. The molecule has 1 fully saturated rings. The van der Waals surface area contributed by atoms with Crippen LogP contribution in [-0.2, 0) is 6.42 Å². The molecular weight excluding hydrogens is 455 g/mol. The number of hydrogen-bond acceptors (Lipinski definition) is 4. The molecule has 0 spiro atoms. The molecule has 2 N–H and O–H groups in total. The molecule has 2 rings (SSSR count). The van der Waals surface area contributed by atoms with Crippen LogP contribution in [0.1, 0.15) is 32.8 Å². The quantitative estimate of drug-likeness (QED) is 0.334. The molecule has 0 amide bonds. The molecule has 0 aromatic heterocycles. The number of likely N-dealkylation sites (tertiary alicyclic amines) is 1. The van der Waals surface area contributed by atoms with Crippen molar-refractivity contribution in [2.75, 3.05) is 46.4 Å². The lowest BCUT2D eigenvalue weighted by Crippen LogP contribution is -2.43. The Balaban J connectivity index is 0.00000364. The molecule has 0 aliphatic carbocycles. The predicted molar refractivity (Wildman–Crippen MR) is 123 cm³/mol. The predicted octanol–water partition coefficient (Wildman–Crippen LogP) is 2.94. The molecule has 1 aromatic carbocycles. The Hall–Kier alpha value is -1.22. The number of methoxy groups -OCH3 is 1. The maximum absolute atomic E-state index is 10.2. The van der Waals surface area contributed by atoms with Crippen molar-refractivity contribution in [2.45, 2.75) is 39.7 Å². The van der Waals surface area contributed by atoms with Crippen molar-refractivity contribution in [2.24, 2.45) is 4.99 Å². The number of para-hydroxylation sites is 1. The second-order valence-electron chi connectivity index (χ2n) is 6.56. The first-order chi connectivity index (χ1) is 12.6. The summed E-state index contributed by atoms with van der Waals surface area (Å²) < 4.78 is 5.18. The van der Waals surface area contributed by atoms with Crippen molar-refractivity contribution in [1.29, 1.82) is 0 Å². The highest BCUT2D eigenvalue weighted by Crippen LogP contribution is 2.29. The Bertz CT molecular complexity index is 593. The van der Waals surface area contributed by atoms with Crippen LogP contribution in [-0.4, -0.2) is 73.3 Å². The Kier molecular flexibility index (Phi) is 10.8. The van der Waals surface area contributed by atoms with Crippen LogP contribution in [0.5, 0.6) is 11.5 Å².